The van der Waals surface area contributed by atoms with Gasteiger partial charge in [0, 0.05) is 18.6 Å². The average molecular weight is 344 g/mol. The van der Waals surface area contributed by atoms with Gasteiger partial charge in [-0.05, 0) is 55.8 Å². The molecular weight excluding hydrogens is 312 g/mol. The monoisotopic (exact) mass is 344 g/mol. The largest absolute Gasteiger partial charge is 0.378 e. The Morgan fingerprint density at radius 3 is 2.72 bits per heavy atom. The number of amides is 1. The van der Waals surface area contributed by atoms with E-state index in [0.717, 1.165) is 19.4 Å². The van der Waals surface area contributed by atoms with Crippen molar-refractivity contribution in [2.24, 2.45) is 35.5 Å². The van der Waals surface area contributed by atoms with Crippen molar-refractivity contribution in [1.29, 1.82) is 5.26 Å². The molecule has 3 aliphatic carbocycles. The van der Waals surface area contributed by atoms with Gasteiger partial charge >= 0.3 is 0 Å². The van der Waals surface area contributed by atoms with Crippen LogP contribution >= 0.6 is 0 Å². The molecule has 0 aromatic heterocycles. The summed E-state index contributed by atoms with van der Waals surface area (Å²) in [5.41, 5.74) is 0. The van der Waals surface area contributed by atoms with E-state index in [1.807, 2.05) is 0 Å². The van der Waals surface area contributed by atoms with E-state index in [4.69, 9.17) is 4.74 Å². The van der Waals surface area contributed by atoms with E-state index in [2.05, 4.69) is 18.3 Å². The molecule has 4 fully saturated rings. The van der Waals surface area contributed by atoms with Gasteiger partial charge in [0.05, 0.1) is 12.2 Å². The van der Waals surface area contributed by atoms with E-state index >= 15 is 0 Å². The highest BCUT2D eigenvalue weighted by Crippen LogP contribution is 2.60. The molecule has 138 valence electrons. The fraction of sp³-hybridized carbons (Fsp3) is 0.905. The van der Waals surface area contributed by atoms with Crippen molar-refractivity contribution in [3.63, 3.8) is 0 Å². The van der Waals surface area contributed by atoms with Crippen LogP contribution in [0.2, 0.25) is 0 Å². The summed E-state index contributed by atoms with van der Waals surface area (Å²) in [5, 5.41) is 12.7. The summed E-state index contributed by atoms with van der Waals surface area (Å²) in [5.74, 6) is 2.32. The maximum Gasteiger partial charge on any atom is 0.237 e. The smallest absolute Gasteiger partial charge is 0.237 e. The summed E-state index contributed by atoms with van der Waals surface area (Å²) >= 11 is 0. The van der Waals surface area contributed by atoms with Gasteiger partial charge in [-0.1, -0.05) is 32.6 Å². The standard InChI is InChI=1S/C21H32N2O2/c1-2-3-4-5-11-25-17-10-9-14-18-13(17)7-6-8-15(18)20-19(14)16(12-22)21(24)23-20/h13-20H,2-11H2,1H3,(H,23,24). The number of carbonyl (C=O) groups is 1. The van der Waals surface area contributed by atoms with E-state index < -0.39 is 5.92 Å². The molecule has 8 atom stereocenters. The SMILES string of the molecule is CCCCCCOC1CCC2C3C1CCCC3C1NC(=O)C(C#N)C21. The van der Waals surface area contributed by atoms with Gasteiger partial charge in [0.1, 0.15) is 5.92 Å². The molecule has 4 rings (SSSR count). The Morgan fingerprint density at radius 1 is 1.08 bits per heavy atom. The van der Waals surface area contributed by atoms with Crippen molar-refractivity contribution in [3.05, 3.63) is 0 Å². The van der Waals surface area contributed by atoms with Gasteiger partial charge in [-0.2, -0.15) is 5.26 Å². The van der Waals surface area contributed by atoms with Crippen LogP contribution in [-0.4, -0.2) is 24.7 Å². The Balaban J connectivity index is 1.44. The second kappa shape index (κ2) is 7.27. The predicted molar refractivity (Wildman–Crippen MR) is 95.5 cm³/mol. The van der Waals surface area contributed by atoms with Crippen LogP contribution in [0.15, 0.2) is 0 Å². The van der Waals surface area contributed by atoms with Crippen LogP contribution in [0.1, 0.15) is 64.7 Å². The van der Waals surface area contributed by atoms with Gasteiger partial charge in [-0.15, -0.1) is 0 Å². The molecule has 4 nitrogen and oxygen atoms in total. The van der Waals surface area contributed by atoms with Crippen LogP contribution in [-0.2, 0) is 9.53 Å². The summed E-state index contributed by atoms with van der Waals surface area (Å²) in [6, 6.07) is 2.58. The minimum atomic E-state index is -0.409. The number of unbranched alkanes of at least 4 members (excludes halogenated alkanes) is 3. The number of nitrogens with zero attached hydrogens (tertiary/aromatic N) is 1. The lowest BCUT2D eigenvalue weighted by atomic mass is 9.62. The Labute approximate surface area is 151 Å². The Kier molecular flexibility index (Phi) is 5.04. The lowest BCUT2D eigenvalue weighted by Crippen LogP contribution is -2.45. The number of hydrogen-bond donors (Lipinski definition) is 1. The quantitative estimate of drug-likeness (QED) is 0.748. The third-order valence-corrected chi connectivity index (χ3v) is 7.64. The summed E-state index contributed by atoms with van der Waals surface area (Å²) in [6.45, 7) is 3.15. The summed E-state index contributed by atoms with van der Waals surface area (Å²) in [7, 11) is 0. The zero-order valence-corrected chi connectivity index (χ0v) is 15.5. The van der Waals surface area contributed by atoms with Crippen molar-refractivity contribution < 1.29 is 9.53 Å². The molecule has 1 heterocycles. The second-order valence-electron chi connectivity index (χ2n) is 8.77. The zero-order chi connectivity index (χ0) is 17.4. The van der Waals surface area contributed by atoms with Crippen LogP contribution < -0.4 is 5.32 Å². The lowest BCUT2D eigenvalue weighted by Gasteiger charge is -2.46. The zero-order valence-electron chi connectivity index (χ0n) is 15.5. The van der Waals surface area contributed by atoms with Gasteiger partial charge in [-0.25, -0.2) is 0 Å². The molecule has 1 N–H and O–H groups in total. The third kappa shape index (κ3) is 2.89. The molecule has 0 radical (unpaired) electrons. The molecule has 4 heteroatoms. The molecule has 0 spiro atoms. The molecule has 1 saturated heterocycles. The molecule has 25 heavy (non-hydrogen) atoms. The second-order valence-corrected chi connectivity index (χ2v) is 8.77. The summed E-state index contributed by atoms with van der Waals surface area (Å²) < 4.78 is 6.37. The van der Waals surface area contributed by atoms with Crippen molar-refractivity contribution in [2.75, 3.05) is 6.61 Å². The number of fused-ring (bicyclic) bond motifs is 3. The van der Waals surface area contributed by atoms with Crippen molar-refractivity contribution in [2.45, 2.75) is 76.9 Å². The molecule has 3 saturated carbocycles. The van der Waals surface area contributed by atoms with Crippen LogP contribution in [0.5, 0.6) is 0 Å². The topological polar surface area (TPSA) is 62.1 Å². The Morgan fingerprint density at radius 2 is 1.92 bits per heavy atom. The number of ether oxygens (including phenoxy) is 1. The highest BCUT2D eigenvalue weighted by Gasteiger charge is 2.62. The minimum Gasteiger partial charge on any atom is -0.378 e. The highest BCUT2D eigenvalue weighted by molar-refractivity contribution is 5.84. The molecule has 8 unspecified atom stereocenters. The Hall–Kier alpha value is -1.08. The molecule has 0 bridgehead atoms. The molecule has 4 aliphatic rings. The normalized spacial score (nSPS) is 44.7. The first kappa shape index (κ1) is 17.3. The van der Waals surface area contributed by atoms with Crippen molar-refractivity contribution >= 4 is 5.91 Å². The van der Waals surface area contributed by atoms with Crippen LogP contribution in [0, 0.1) is 46.8 Å². The molecule has 0 aromatic carbocycles. The minimum absolute atomic E-state index is 0.00706. The number of nitriles is 1. The number of nitrogens with one attached hydrogen (secondary N) is 1. The predicted octanol–water partition coefficient (Wildman–Crippen LogP) is 3.66. The van der Waals surface area contributed by atoms with E-state index in [0.29, 0.717) is 29.8 Å². The van der Waals surface area contributed by atoms with Crippen molar-refractivity contribution in [1.82, 2.24) is 5.32 Å². The van der Waals surface area contributed by atoms with Crippen LogP contribution in [0.4, 0.5) is 0 Å². The fourth-order valence-electron chi connectivity index (χ4n) is 6.75. The number of rotatable bonds is 6. The van der Waals surface area contributed by atoms with E-state index in [1.165, 1.54) is 44.9 Å². The maximum absolute atomic E-state index is 12.2. The molecule has 1 aliphatic heterocycles. The van der Waals surface area contributed by atoms with Gasteiger partial charge in [0.25, 0.3) is 0 Å². The number of carbonyl (C=O) groups excluding carboxylic acids is 1. The summed E-state index contributed by atoms with van der Waals surface area (Å²) in [6.07, 6.45) is 11.5. The van der Waals surface area contributed by atoms with E-state index in [-0.39, 0.29) is 17.9 Å². The summed E-state index contributed by atoms with van der Waals surface area (Å²) in [4.78, 5) is 12.2. The van der Waals surface area contributed by atoms with E-state index in [9.17, 15) is 10.1 Å². The first-order valence-electron chi connectivity index (χ1n) is 10.6. The Bertz CT molecular complexity index is 543. The van der Waals surface area contributed by atoms with Gasteiger partial charge < -0.3 is 10.1 Å². The first-order valence-corrected chi connectivity index (χ1v) is 10.6. The molecular formula is C21H32N2O2. The third-order valence-electron chi connectivity index (χ3n) is 7.64. The fourth-order valence-corrected chi connectivity index (χ4v) is 6.75. The van der Waals surface area contributed by atoms with Gasteiger partial charge in [0.2, 0.25) is 5.91 Å². The molecule has 0 aromatic rings. The van der Waals surface area contributed by atoms with E-state index in [1.54, 1.807) is 0 Å². The average Bonchev–Trinajstić information content (AvgIpc) is 3.11. The van der Waals surface area contributed by atoms with Crippen LogP contribution in [0.3, 0.4) is 0 Å². The van der Waals surface area contributed by atoms with Gasteiger partial charge in [0.15, 0.2) is 0 Å². The molecule has 1 amide bonds. The highest BCUT2D eigenvalue weighted by atomic mass is 16.5. The maximum atomic E-state index is 12.2. The van der Waals surface area contributed by atoms with Crippen LogP contribution in [0.25, 0.3) is 0 Å². The van der Waals surface area contributed by atoms with Gasteiger partial charge in [-0.3, -0.25) is 4.79 Å². The number of hydrogen-bond acceptors (Lipinski definition) is 3. The van der Waals surface area contributed by atoms with Crippen molar-refractivity contribution in [3.8, 4) is 6.07 Å². The lowest BCUT2D eigenvalue weighted by molar-refractivity contribution is -0.123. The first-order chi connectivity index (χ1) is 12.3.